The summed E-state index contributed by atoms with van der Waals surface area (Å²) < 4.78 is 5.68. The normalized spacial score (nSPS) is 13.2. The molecule has 1 amide bonds. The Morgan fingerprint density at radius 2 is 1.92 bits per heavy atom. The zero-order valence-corrected chi connectivity index (χ0v) is 15.5. The summed E-state index contributed by atoms with van der Waals surface area (Å²) in [5, 5.41) is 0. The van der Waals surface area contributed by atoms with E-state index in [1.807, 2.05) is 42.5 Å². The molecule has 0 atom stereocenters. The van der Waals surface area contributed by atoms with E-state index < -0.39 is 0 Å². The van der Waals surface area contributed by atoms with Crippen molar-refractivity contribution in [2.24, 2.45) is 0 Å². The third kappa shape index (κ3) is 4.26. The van der Waals surface area contributed by atoms with Gasteiger partial charge in [-0.2, -0.15) is 0 Å². The van der Waals surface area contributed by atoms with Crippen LogP contribution in [0.4, 0.5) is 11.4 Å². The van der Waals surface area contributed by atoms with Gasteiger partial charge >= 0.3 is 0 Å². The summed E-state index contributed by atoms with van der Waals surface area (Å²) in [5.74, 6) is 1.17. The summed E-state index contributed by atoms with van der Waals surface area (Å²) in [7, 11) is 0. The molecule has 25 heavy (non-hydrogen) atoms. The lowest BCUT2D eigenvalue weighted by Crippen LogP contribution is -2.38. The van der Waals surface area contributed by atoms with E-state index in [1.54, 1.807) is 4.90 Å². The minimum Gasteiger partial charge on any atom is -0.484 e. The molecule has 0 aliphatic carbocycles. The second kappa shape index (κ2) is 8.26. The first-order valence-corrected chi connectivity index (χ1v) is 8.46. The maximum absolute atomic E-state index is 12.6. The summed E-state index contributed by atoms with van der Waals surface area (Å²) >= 11 is 0. The Morgan fingerprint density at radius 3 is 2.60 bits per heavy atom. The van der Waals surface area contributed by atoms with Gasteiger partial charge in [-0.15, -0.1) is 12.4 Å². The van der Waals surface area contributed by atoms with Crippen molar-refractivity contribution in [3.8, 4) is 5.75 Å². The van der Waals surface area contributed by atoms with Gasteiger partial charge < -0.3 is 15.4 Å². The molecule has 1 aliphatic heterocycles. The van der Waals surface area contributed by atoms with Crippen LogP contribution < -0.4 is 15.4 Å². The fourth-order valence-corrected chi connectivity index (χ4v) is 3.08. The highest BCUT2D eigenvalue weighted by Crippen LogP contribution is 2.31. The van der Waals surface area contributed by atoms with E-state index in [0.717, 1.165) is 35.5 Å². The van der Waals surface area contributed by atoms with Gasteiger partial charge in [0.2, 0.25) is 0 Å². The lowest BCUT2D eigenvalue weighted by atomic mass is 10.00. The number of anilines is 2. The van der Waals surface area contributed by atoms with Gasteiger partial charge in [0.05, 0.1) is 0 Å². The van der Waals surface area contributed by atoms with Crippen molar-refractivity contribution >= 4 is 29.7 Å². The van der Waals surface area contributed by atoms with E-state index in [1.165, 1.54) is 5.56 Å². The molecule has 0 bridgehead atoms. The van der Waals surface area contributed by atoms with Crippen molar-refractivity contribution in [2.45, 2.75) is 32.6 Å². The molecule has 2 N–H and O–H groups in total. The van der Waals surface area contributed by atoms with E-state index in [9.17, 15) is 4.79 Å². The molecule has 0 saturated heterocycles. The number of benzene rings is 2. The molecule has 2 aromatic carbocycles. The molecule has 134 valence electrons. The van der Waals surface area contributed by atoms with Crippen LogP contribution in [0, 0.1) is 0 Å². The molecular weight excluding hydrogens is 336 g/mol. The van der Waals surface area contributed by atoms with Crippen molar-refractivity contribution in [3.63, 3.8) is 0 Å². The number of hydrogen-bond donors (Lipinski definition) is 1. The van der Waals surface area contributed by atoms with E-state index in [2.05, 4.69) is 13.8 Å². The Balaban J connectivity index is 0.00000225. The number of hydrogen-bond acceptors (Lipinski definition) is 3. The summed E-state index contributed by atoms with van der Waals surface area (Å²) in [6.45, 7) is 5.05. The van der Waals surface area contributed by atoms with Crippen molar-refractivity contribution in [2.75, 3.05) is 23.8 Å². The number of nitrogens with zero attached hydrogens (tertiary/aromatic N) is 1. The summed E-state index contributed by atoms with van der Waals surface area (Å²) in [4.78, 5) is 14.4. The lowest BCUT2D eigenvalue weighted by molar-refractivity contribution is -0.120. The number of ether oxygens (including phenoxy) is 1. The Labute approximate surface area is 155 Å². The molecule has 2 aromatic rings. The Kier molecular flexibility index (Phi) is 6.32. The van der Waals surface area contributed by atoms with Crippen molar-refractivity contribution < 1.29 is 9.53 Å². The first-order valence-electron chi connectivity index (χ1n) is 8.46. The standard InChI is InChI=1S/C20H24N2O2.ClH/c1-14(2)15-8-10-16(11-9-15)24-13-20(23)22-12-4-5-17-18(21)6-3-7-19(17)22;/h3,6-11,14H,4-5,12-13,21H2,1-2H3;1H. The summed E-state index contributed by atoms with van der Waals surface area (Å²) in [6.07, 6.45) is 1.85. The SMILES string of the molecule is CC(C)c1ccc(OCC(=O)N2CCCc3c(N)cccc32)cc1.Cl. The topological polar surface area (TPSA) is 55.6 Å². The number of nitrogens with two attached hydrogens (primary N) is 1. The number of carbonyl (C=O) groups is 1. The van der Waals surface area contributed by atoms with Gasteiger partial charge in [0.25, 0.3) is 5.91 Å². The Hall–Kier alpha value is -2.20. The largest absolute Gasteiger partial charge is 0.484 e. The number of nitrogen functional groups attached to an aromatic ring is 1. The highest BCUT2D eigenvalue weighted by molar-refractivity contribution is 5.96. The van der Waals surface area contributed by atoms with Gasteiger partial charge in [-0.1, -0.05) is 32.0 Å². The second-order valence-corrected chi connectivity index (χ2v) is 6.51. The van der Waals surface area contributed by atoms with Gasteiger partial charge in [-0.05, 0) is 54.2 Å². The predicted octanol–water partition coefficient (Wildman–Crippen LogP) is 4.17. The number of carbonyl (C=O) groups excluding carboxylic acids is 1. The smallest absolute Gasteiger partial charge is 0.264 e. The minimum absolute atomic E-state index is 0. The molecule has 0 radical (unpaired) electrons. The van der Waals surface area contributed by atoms with Crippen LogP contribution in [0.1, 0.15) is 37.3 Å². The van der Waals surface area contributed by atoms with Gasteiger partial charge in [-0.3, -0.25) is 4.79 Å². The number of rotatable bonds is 4. The minimum atomic E-state index is -0.0329. The quantitative estimate of drug-likeness (QED) is 0.832. The Bertz CT molecular complexity index is 729. The average molecular weight is 361 g/mol. The molecule has 4 nitrogen and oxygen atoms in total. The van der Waals surface area contributed by atoms with Crippen LogP contribution in [0.2, 0.25) is 0 Å². The van der Waals surface area contributed by atoms with Gasteiger partial charge in [0.1, 0.15) is 5.75 Å². The van der Waals surface area contributed by atoms with Crippen LogP contribution in [0.3, 0.4) is 0 Å². The predicted molar refractivity (Wildman–Crippen MR) is 105 cm³/mol. The lowest BCUT2D eigenvalue weighted by Gasteiger charge is -2.30. The number of amides is 1. The van der Waals surface area contributed by atoms with Crippen LogP contribution in [0.15, 0.2) is 42.5 Å². The molecule has 1 aliphatic rings. The number of halogens is 1. The van der Waals surface area contributed by atoms with E-state index in [-0.39, 0.29) is 24.9 Å². The second-order valence-electron chi connectivity index (χ2n) is 6.51. The Morgan fingerprint density at radius 1 is 1.20 bits per heavy atom. The van der Waals surface area contributed by atoms with E-state index >= 15 is 0 Å². The molecule has 0 unspecified atom stereocenters. The van der Waals surface area contributed by atoms with Gasteiger partial charge in [0, 0.05) is 17.9 Å². The molecule has 0 fully saturated rings. The molecule has 0 saturated carbocycles. The monoisotopic (exact) mass is 360 g/mol. The van der Waals surface area contributed by atoms with Crippen molar-refractivity contribution in [3.05, 3.63) is 53.6 Å². The maximum Gasteiger partial charge on any atom is 0.264 e. The van der Waals surface area contributed by atoms with Gasteiger partial charge in [0.15, 0.2) is 6.61 Å². The molecule has 3 rings (SSSR count). The van der Waals surface area contributed by atoms with Crippen LogP contribution in [-0.4, -0.2) is 19.1 Å². The van der Waals surface area contributed by atoms with Crippen LogP contribution in [0.25, 0.3) is 0 Å². The van der Waals surface area contributed by atoms with Crippen LogP contribution in [-0.2, 0) is 11.2 Å². The highest BCUT2D eigenvalue weighted by atomic mass is 35.5. The fourth-order valence-electron chi connectivity index (χ4n) is 3.08. The average Bonchev–Trinajstić information content (AvgIpc) is 2.60. The zero-order chi connectivity index (χ0) is 17.1. The van der Waals surface area contributed by atoms with Crippen LogP contribution >= 0.6 is 12.4 Å². The van der Waals surface area contributed by atoms with Gasteiger partial charge in [-0.25, -0.2) is 0 Å². The maximum atomic E-state index is 12.6. The third-order valence-corrected chi connectivity index (χ3v) is 4.50. The number of fused-ring (bicyclic) bond motifs is 1. The van der Waals surface area contributed by atoms with Crippen LogP contribution in [0.5, 0.6) is 5.75 Å². The summed E-state index contributed by atoms with van der Waals surface area (Å²) in [5.41, 5.74) is 10.0. The highest BCUT2D eigenvalue weighted by Gasteiger charge is 2.23. The third-order valence-electron chi connectivity index (χ3n) is 4.50. The molecule has 0 aromatic heterocycles. The molecule has 5 heteroatoms. The first-order chi connectivity index (χ1) is 11.6. The molecule has 1 heterocycles. The summed E-state index contributed by atoms with van der Waals surface area (Å²) in [6, 6.07) is 13.7. The fraction of sp³-hybridized carbons (Fsp3) is 0.350. The first kappa shape index (κ1) is 19.1. The van der Waals surface area contributed by atoms with Crippen molar-refractivity contribution in [1.82, 2.24) is 0 Å². The van der Waals surface area contributed by atoms with E-state index in [4.69, 9.17) is 10.5 Å². The van der Waals surface area contributed by atoms with Crippen molar-refractivity contribution in [1.29, 1.82) is 0 Å². The van der Waals surface area contributed by atoms with E-state index in [0.29, 0.717) is 12.5 Å². The zero-order valence-electron chi connectivity index (χ0n) is 14.7. The molecular formula is C20H25ClN2O2. The molecule has 0 spiro atoms.